The smallest absolute Gasteiger partial charge is 0.321 e. The second-order valence-corrected chi connectivity index (χ2v) is 5.58. The Labute approximate surface area is 114 Å². The lowest BCUT2D eigenvalue weighted by atomic mass is 9.71. The summed E-state index contributed by atoms with van der Waals surface area (Å²) in [5.41, 5.74) is 1.64. The molecule has 1 saturated heterocycles. The molecule has 0 aliphatic carbocycles. The van der Waals surface area contributed by atoms with E-state index >= 15 is 0 Å². The zero-order valence-electron chi connectivity index (χ0n) is 10.4. The van der Waals surface area contributed by atoms with Crippen molar-refractivity contribution in [1.82, 2.24) is 5.32 Å². The lowest BCUT2D eigenvalue weighted by Crippen LogP contribution is -2.62. The number of aryl methyl sites for hydroxylation is 1. The standard InChI is InChI=1S/C13H16BrNO3/c1-8-3-4-9(14)5-10(8)13(6-18-7-13)11(15-2)12(16)17/h3-5,11,15H,6-7H2,1-2H3,(H,16,17). The maximum atomic E-state index is 11.4. The molecule has 4 nitrogen and oxygen atoms in total. The highest BCUT2D eigenvalue weighted by molar-refractivity contribution is 9.10. The largest absolute Gasteiger partial charge is 0.480 e. The van der Waals surface area contributed by atoms with Gasteiger partial charge < -0.3 is 15.2 Å². The Hall–Kier alpha value is -0.910. The van der Waals surface area contributed by atoms with Gasteiger partial charge in [0.05, 0.1) is 18.6 Å². The normalized spacial score (nSPS) is 19.1. The number of carboxylic acid groups (broad SMARTS) is 1. The molecule has 0 amide bonds. The molecule has 0 bridgehead atoms. The van der Waals surface area contributed by atoms with Crippen LogP contribution in [-0.4, -0.2) is 37.4 Å². The zero-order chi connectivity index (χ0) is 13.3. The zero-order valence-corrected chi connectivity index (χ0v) is 12.0. The molecule has 1 heterocycles. The van der Waals surface area contributed by atoms with Gasteiger partial charge in [-0.3, -0.25) is 4.79 Å². The molecule has 0 saturated carbocycles. The van der Waals surface area contributed by atoms with E-state index in [4.69, 9.17) is 4.74 Å². The summed E-state index contributed by atoms with van der Waals surface area (Å²) in [4.78, 5) is 11.4. The molecule has 98 valence electrons. The molecular formula is C13H16BrNO3. The quantitative estimate of drug-likeness (QED) is 0.888. The van der Waals surface area contributed by atoms with Crippen LogP contribution in [0.5, 0.6) is 0 Å². The number of carboxylic acids is 1. The third kappa shape index (κ3) is 2.06. The van der Waals surface area contributed by atoms with Gasteiger partial charge in [0.15, 0.2) is 0 Å². The van der Waals surface area contributed by atoms with E-state index in [-0.39, 0.29) is 0 Å². The third-order valence-corrected chi connectivity index (χ3v) is 4.04. The molecule has 2 rings (SSSR count). The van der Waals surface area contributed by atoms with E-state index in [0.717, 1.165) is 15.6 Å². The highest BCUT2D eigenvalue weighted by Gasteiger charge is 2.50. The second-order valence-electron chi connectivity index (χ2n) is 4.67. The van der Waals surface area contributed by atoms with E-state index in [1.54, 1.807) is 7.05 Å². The molecule has 5 heteroatoms. The Morgan fingerprint density at radius 1 is 1.56 bits per heavy atom. The average Bonchev–Trinajstić information content (AvgIpc) is 2.26. The van der Waals surface area contributed by atoms with Gasteiger partial charge in [-0.05, 0) is 37.2 Å². The molecule has 1 aromatic rings. The number of benzene rings is 1. The summed E-state index contributed by atoms with van der Waals surface area (Å²) in [6.07, 6.45) is 0. The van der Waals surface area contributed by atoms with Crippen molar-refractivity contribution in [3.05, 3.63) is 33.8 Å². The van der Waals surface area contributed by atoms with E-state index in [9.17, 15) is 9.90 Å². The minimum Gasteiger partial charge on any atom is -0.480 e. The number of likely N-dealkylation sites (N-methyl/N-ethyl adjacent to an activating group) is 1. The van der Waals surface area contributed by atoms with E-state index in [1.165, 1.54) is 0 Å². The van der Waals surface area contributed by atoms with Crippen molar-refractivity contribution < 1.29 is 14.6 Å². The van der Waals surface area contributed by atoms with Crippen LogP contribution in [0.2, 0.25) is 0 Å². The van der Waals surface area contributed by atoms with Crippen LogP contribution in [-0.2, 0) is 14.9 Å². The molecule has 1 atom stereocenters. The van der Waals surface area contributed by atoms with Crippen molar-refractivity contribution in [2.75, 3.05) is 20.3 Å². The first kappa shape index (κ1) is 13.5. The molecule has 1 aliphatic rings. The number of carbonyl (C=O) groups is 1. The maximum absolute atomic E-state index is 11.4. The molecule has 0 aromatic heterocycles. The van der Waals surface area contributed by atoms with Crippen LogP contribution in [0.1, 0.15) is 11.1 Å². The molecule has 0 spiro atoms. The van der Waals surface area contributed by atoms with Crippen LogP contribution in [0.4, 0.5) is 0 Å². The predicted octanol–water partition coefficient (Wildman–Crippen LogP) is 1.70. The molecule has 0 radical (unpaired) electrons. The monoisotopic (exact) mass is 313 g/mol. The number of hydrogen-bond donors (Lipinski definition) is 2. The van der Waals surface area contributed by atoms with Crippen LogP contribution in [0.15, 0.2) is 22.7 Å². The van der Waals surface area contributed by atoms with Crippen molar-refractivity contribution in [3.63, 3.8) is 0 Å². The van der Waals surface area contributed by atoms with Crippen molar-refractivity contribution in [3.8, 4) is 0 Å². The molecule has 1 unspecified atom stereocenters. The van der Waals surface area contributed by atoms with Gasteiger partial charge in [0.2, 0.25) is 0 Å². The van der Waals surface area contributed by atoms with Gasteiger partial charge in [0.1, 0.15) is 6.04 Å². The highest BCUT2D eigenvalue weighted by atomic mass is 79.9. The van der Waals surface area contributed by atoms with E-state index < -0.39 is 17.4 Å². The average molecular weight is 314 g/mol. The van der Waals surface area contributed by atoms with Crippen LogP contribution in [0.3, 0.4) is 0 Å². The highest BCUT2D eigenvalue weighted by Crippen LogP contribution is 2.38. The van der Waals surface area contributed by atoms with Gasteiger partial charge in [-0.15, -0.1) is 0 Å². The number of aliphatic carboxylic acids is 1. The third-order valence-electron chi connectivity index (χ3n) is 3.54. The fraction of sp³-hybridized carbons (Fsp3) is 0.462. The number of hydrogen-bond acceptors (Lipinski definition) is 3. The van der Waals surface area contributed by atoms with Gasteiger partial charge in [-0.25, -0.2) is 0 Å². The second kappa shape index (κ2) is 4.99. The van der Waals surface area contributed by atoms with Gasteiger partial charge in [0, 0.05) is 4.47 Å². The fourth-order valence-corrected chi connectivity index (χ4v) is 2.93. The van der Waals surface area contributed by atoms with E-state index in [0.29, 0.717) is 13.2 Å². The SMILES string of the molecule is CNC(C(=O)O)C1(c2cc(Br)ccc2C)COC1. The lowest BCUT2D eigenvalue weighted by Gasteiger charge is -2.46. The summed E-state index contributed by atoms with van der Waals surface area (Å²) in [6.45, 7) is 2.86. The molecule has 18 heavy (non-hydrogen) atoms. The molecule has 1 aromatic carbocycles. The first-order valence-corrected chi connectivity index (χ1v) is 6.55. The van der Waals surface area contributed by atoms with Crippen LogP contribution in [0, 0.1) is 6.92 Å². The summed E-state index contributed by atoms with van der Waals surface area (Å²) in [6, 6.07) is 5.31. The Morgan fingerprint density at radius 3 is 2.67 bits per heavy atom. The van der Waals surface area contributed by atoms with E-state index in [2.05, 4.69) is 21.2 Å². The topological polar surface area (TPSA) is 58.6 Å². The minimum absolute atomic E-state index is 0.433. The van der Waals surface area contributed by atoms with Crippen LogP contribution < -0.4 is 5.32 Å². The number of nitrogens with one attached hydrogen (secondary N) is 1. The summed E-state index contributed by atoms with van der Waals surface area (Å²) in [5, 5.41) is 12.3. The van der Waals surface area contributed by atoms with Crippen molar-refractivity contribution in [2.45, 2.75) is 18.4 Å². The number of rotatable bonds is 4. The van der Waals surface area contributed by atoms with Crippen molar-refractivity contribution >= 4 is 21.9 Å². The maximum Gasteiger partial charge on any atom is 0.321 e. The van der Waals surface area contributed by atoms with Crippen LogP contribution >= 0.6 is 15.9 Å². The van der Waals surface area contributed by atoms with Gasteiger partial charge in [-0.2, -0.15) is 0 Å². The number of halogens is 1. The first-order chi connectivity index (χ1) is 8.51. The Morgan fingerprint density at radius 2 is 2.22 bits per heavy atom. The Kier molecular flexibility index (Phi) is 3.75. The molecule has 2 N–H and O–H groups in total. The number of ether oxygens (including phenoxy) is 1. The molecular weight excluding hydrogens is 298 g/mol. The summed E-state index contributed by atoms with van der Waals surface area (Å²) in [5.74, 6) is -0.847. The Bertz CT molecular complexity index is 471. The predicted molar refractivity (Wildman–Crippen MR) is 71.9 cm³/mol. The fourth-order valence-electron chi connectivity index (χ4n) is 2.57. The Balaban J connectivity index is 2.49. The van der Waals surface area contributed by atoms with Gasteiger partial charge in [0.25, 0.3) is 0 Å². The molecule has 1 fully saturated rings. The van der Waals surface area contributed by atoms with Gasteiger partial charge in [-0.1, -0.05) is 22.0 Å². The lowest BCUT2D eigenvalue weighted by molar-refractivity contribution is -0.150. The van der Waals surface area contributed by atoms with Crippen molar-refractivity contribution in [1.29, 1.82) is 0 Å². The minimum atomic E-state index is -0.847. The van der Waals surface area contributed by atoms with E-state index in [1.807, 2.05) is 25.1 Å². The van der Waals surface area contributed by atoms with Crippen molar-refractivity contribution in [2.24, 2.45) is 0 Å². The summed E-state index contributed by atoms with van der Waals surface area (Å²) in [7, 11) is 1.67. The molecule has 1 aliphatic heterocycles. The summed E-state index contributed by atoms with van der Waals surface area (Å²) < 4.78 is 6.26. The van der Waals surface area contributed by atoms with Gasteiger partial charge >= 0.3 is 5.97 Å². The van der Waals surface area contributed by atoms with Crippen LogP contribution in [0.25, 0.3) is 0 Å². The summed E-state index contributed by atoms with van der Waals surface area (Å²) >= 11 is 3.44. The first-order valence-electron chi connectivity index (χ1n) is 5.76.